The number of para-hydroxylation sites is 1. The summed E-state index contributed by atoms with van der Waals surface area (Å²) in [5.41, 5.74) is 6.63. The van der Waals surface area contributed by atoms with E-state index in [1.807, 2.05) is 79.7 Å². The third-order valence-corrected chi connectivity index (χ3v) is 6.17. The summed E-state index contributed by atoms with van der Waals surface area (Å²) in [5.74, 6) is 0.559. The lowest BCUT2D eigenvalue weighted by Gasteiger charge is -2.13. The second kappa shape index (κ2) is 10.9. The van der Waals surface area contributed by atoms with Gasteiger partial charge in [0.05, 0.1) is 0 Å². The Morgan fingerprint density at radius 3 is 2.18 bits per heavy atom. The van der Waals surface area contributed by atoms with Crippen molar-refractivity contribution >= 4 is 23.4 Å². The summed E-state index contributed by atoms with van der Waals surface area (Å²) in [5, 5.41) is 12.5. The number of aromatic nitrogens is 3. The number of hydrogen-bond acceptors (Lipinski definition) is 5. The van der Waals surface area contributed by atoms with Crippen LogP contribution in [0.3, 0.4) is 0 Å². The molecule has 1 aromatic heterocycles. The van der Waals surface area contributed by atoms with Gasteiger partial charge in [-0.25, -0.2) is 4.98 Å². The molecule has 0 saturated heterocycles. The van der Waals surface area contributed by atoms with Crippen LogP contribution in [0.5, 0.6) is 0 Å². The summed E-state index contributed by atoms with van der Waals surface area (Å²) in [4.78, 5) is 17.4. The van der Waals surface area contributed by atoms with Gasteiger partial charge in [-0.2, -0.15) is 0 Å². The molecule has 1 amide bonds. The normalized spacial score (nSPS) is 10.7. The lowest BCUT2D eigenvalue weighted by molar-refractivity contribution is -0.115. The maximum Gasteiger partial charge on any atom is 0.225 e. The van der Waals surface area contributed by atoms with Crippen molar-refractivity contribution in [1.29, 1.82) is 0 Å². The second-order valence-corrected chi connectivity index (χ2v) is 8.69. The zero-order valence-electron chi connectivity index (χ0n) is 18.8. The number of nitrogens with one attached hydrogen (secondary N) is 1. The van der Waals surface area contributed by atoms with Crippen LogP contribution in [0.15, 0.2) is 84.0 Å². The highest BCUT2D eigenvalue weighted by molar-refractivity contribution is 7.99. The van der Waals surface area contributed by atoms with Crippen LogP contribution < -0.4 is 5.32 Å². The van der Waals surface area contributed by atoms with E-state index in [9.17, 15) is 4.79 Å². The minimum Gasteiger partial charge on any atom is -0.326 e. The van der Waals surface area contributed by atoms with Gasteiger partial charge in [-0.1, -0.05) is 97.5 Å². The lowest BCUT2D eigenvalue weighted by atomic mass is 10.0. The van der Waals surface area contributed by atoms with E-state index < -0.39 is 0 Å². The van der Waals surface area contributed by atoms with Crippen molar-refractivity contribution in [2.24, 2.45) is 0 Å². The zero-order chi connectivity index (χ0) is 23.0. The van der Waals surface area contributed by atoms with Crippen LogP contribution in [0.2, 0.25) is 0 Å². The minimum atomic E-state index is -0.0105. The number of hydrogen-bond donors (Lipinski definition) is 1. The summed E-state index contributed by atoms with van der Waals surface area (Å²) in [6.07, 6.45) is 1.24. The number of rotatable bonds is 8. The molecule has 3 aromatic carbocycles. The van der Waals surface area contributed by atoms with E-state index >= 15 is 0 Å². The summed E-state index contributed by atoms with van der Waals surface area (Å²) in [6.45, 7) is 4.11. The van der Waals surface area contributed by atoms with E-state index in [2.05, 4.69) is 28.5 Å². The van der Waals surface area contributed by atoms with Gasteiger partial charge in [-0.3, -0.25) is 4.79 Å². The van der Waals surface area contributed by atoms with Crippen LogP contribution in [-0.2, 0) is 11.2 Å². The van der Waals surface area contributed by atoms with Gasteiger partial charge in [0.1, 0.15) is 11.4 Å². The van der Waals surface area contributed by atoms with Gasteiger partial charge in [0.2, 0.25) is 11.1 Å². The average molecular weight is 455 g/mol. The number of amides is 1. The van der Waals surface area contributed by atoms with Gasteiger partial charge in [0.15, 0.2) is 0 Å². The van der Waals surface area contributed by atoms with Crippen LogP contribution in [0.1, 0.15) is 24.5 Å². The standard InChI is InChI=1S/C27H26N4OS/c1-3-20-16-10-11-19(2)24(20)28-23(32)17-18-33-27-29-25(21-12-6-4-7-13-21)26(30-31-27)22-14-8-5-9-15-22/h4-16H,3,17-18H2,1-2H3,(H,28,32). The Bertz CT molecular complexity index is 1230. The molecule has 0 aliphatic carbocycles. The van der Waals surface area contributed by atoms with E-state index in [-0.39, 0.29) is 5.91 Å². The summed E-state index contributed by atoms with van der Waals surface area (Å²) >= 11 is 1.44. The first-order valence-corrected chi connectivity index (χ1v) is 12.0. The third-order valence-electron chi connectivity index (χ3n) is 5.33. The molecular formula is C27H26N4OS. The Morgan fingerprint density at radius 2 is 1.52 bits per heavy atom. The molecule has 0 atom stereocenters. The van der Waals surface area contributed by atoms with Crippen molar-refractivity contribution in [3.63, 3.8) is 0 Å². The Balaban J connectivity index is 1.47. The van der Waals surface area contributed by atoms with Crippen molar-refractivity contribution < 1.29 is 4.79 Å². The Labute approximate surface area is 198 Å². The average Bonchev–Trinajstić information content (AvgIpc) is 2.86. The van der Waals surface area contributed by atoms with E-state index in [1.165, 1.54) is 11.8 Å². The van der Waals surface area contributed by atoms with Gasteiger partial charge in [-0.15, -0.1) is 10.2 Å². The molecule has 4 aromatic rings. The molecule has 166 valence electrons. The molecule has 6 heteroatoms. The number of thioether (sulfide) groups is 1. The van der Waals surface area contributed by atoms with Gasteiger partial charge in [-0.05, 0) is 24.5 Å². The van der Waals surface area contributed by atoms with Crippen molar-refractivity contribution in [1.82, 2.24) is 15.2 Å². The molecule has 33 heavy (non-hydrogen) atoms. The second-order valence-electron chi connectivity index (χ2n) is 7.63. The molecule has 0 aliphatic rings. The molecule has 0 radical (unpaired) electrons. The molecule has 1 heterocycles. The summed E-state index contributed by atoms with van der Waals surface area (Å²) in [6, 6.07) is 26.0. The third kappa shape index (κ3) is 5.65. The van der Waals surface area contributed by atoms with Crippen LogP contribution in [-0.4, -0.2) is 26.8 Å². The van der Waals surface area contributed by atoms with Gasteiger partial charge in [0.25, 0.3) is 0 Å². The predicted octanol–water partition coefficient (Wildman–Crippen LogP) is 6.20. The van der Waals surface area contributed by atoms with Gasteiger partial charge < -0.3 is 5.32 Å². The monoisotopic (exact) mass is 454 g/mol. The quantitative estimate of drug-likeness (QED) is 0.321. The van der Waals surface area contributed by atoms with E-state index in [0.29, 0.717) is 17.3 Å². The number of aryl methyl sites for hydroxylation is 2. The molecular weight excluding hydrogens is 428 g/mol. The van der Waals surface area contributed by atoms with Crippen molar-refractivity contribution in [3.05, 3.63) is 90.0 Å². The lowest BCUT2D eigenvalue weighted by Crippen LogP contribution is -2.14. The topological polar surface area (TPSA) is 67.8 Å². The van der Waals surface area contributed by atoms with Crippen LogP contribution in [0, 0.1) is 6.92 Å². The predicted molar refractivity (Wildman–Crippen MR) is 135 cm³/mol. The highest BCUT2D eigenvalue weighted by Gasteiger charge is 2.14. The number of anilines is 1. The molecule has 4 rings (SSSR count). The largest absolute Gasteiger partial charge is 0.326 e. The SMILES string of the molecule is CCc1cccc(C)c1NC(=O)CCSc1nnc(-c2ccccc2)c(-c2ccccc2)n1. The van der Waals surface area contributed by atoms with Crippen molar-refractivity contribution in [2.45, 2.75) is 31.8 Å². The first-order chi connectivity index (χ1) is 16.2. The number of nitrogens with zero attached hydrogens (tertiary/aromatic N) is 3. The summed E-state index contributed by atoms with van der Waals surface area (Å²) < 4.78 is 0. The number of benzene rings is 3. The van der Waals surface area contributed by atoms with E-state index in [0.717, 1.165) is 45.7 Å². The number of carbonyl (C=O) groups excluding carboxylic acids is 1. The number of carbonyl (C=O) groups is 1. The van der Waals surface area contributed by atoms with Gasteiger partial charge >= 0.3 is 0 Å². The molecule has 1 N–H and O–H groups in total. The van der Waals surface area contributed by atoms with Crippen LogP contribution in [0.25, 0.3) is 22.5 Å². The molecule has 0 aliphatic heterocycles. The molecule has 0 unspecified atom stereocenters. The Kier molecular flexibility index (Phi) is 7.47. The smallest absolute Gasteiger partial charge is 0.225 e. The molecule has 0 bridgehead atoms. The minimum absolute atomic E-state index is 0.0105. The zero-order valence-corrected chi connectivity index (χ0v) is 19.6. The molecule has 0 saturated carbocycles. The van der Waals surface area contributed by atoms with Crippen molar-refractivity contribution in [3.8, 4) is 22.5 Å². The Hall–Kier alpha value is -3.51. The first kappa shape index (κ1) is 22.7. The maximum absolute atomic E-state index is 12.6. The van der Waals surface area contributed by atoms with E-state index in [1.54, 1.807) is 0 Å². The van der Waals surface area contributed by atoms with E-state index in [4.69, 9.17) is 4.98 Å². The Morgan fingerprint density at radius 1 is 0.848 bits per heavy atom. The van der Waals surface area contributed by atoms with Crippen LogP contribution in [0.4, 0.5) is 5.69 Å². The molecule has 5 nitrogen and oxygen atoms in total. The highest BCUT2D eigenvalue weighted by atomic mass is 32.2. The fourth-order valence-electron chi connectivity index (χ4n) is 3.60. The van der Waals surface area contributed by atoms with Gasteiger partial charge in [0, 0.05) is 29.0 Å². The first-order valence-electron chi connectivity index (χ1n) is 11.0. The fraction of sp³-hybridized carbons (Fsp3) is 0.185. The van der Waals surface area contributed by atoms with Crippen molar-refractivity contribution in [2.75, 3.05) is 11.1 Å². The maximum atomic E-state index is 12.6. The summed E-state index contributed by atoms with van der Waals surface area (Å²) in [7, 11) is 0. The van der Waals surface area contributed by atoms with Crippen LogP contribution >= 0.6 is 11.8 Å². The molecule has 0 spiro atoms. The highest BCUT2D eigenvalue weighted by Crippen LogP contribution is 2.30. The molecule has 0 fully saturated rings. The fourth-order valence-corrected chi connectivity index (χ4v) is 4.32.